The number of rotatable bonds is 3. The zero-order valence-electron chi connectivity index (χ0n) is 8.70. The minimum absolute atomic E-state index is 0.115. The summed E-state index contributed by atoms with van der Waals surface area (Å²) in [6.07, 6.45) is 4.24. The summed E-state index contributed by atoms with van der Waals surface area (Å²) in [5.41, 5.74) is 5.47. The van der Waals surface area contributed by atoms with Gasteiger partial charge in [-0.15, -0.1) is 0 Å². The summed E-state index contributed by atoms with van der Waals surface area (Å²) in [5.74, 6) is 0.0989. The molecule has 4 N–H and O–H groups in total. The smallest absolute Gasteiger partial charge is 0.236 e. The molecule has 0 aromatic carbocycles. The van der Waals surface area contributed by atoms with Crippen molar-refractivity contribution in [1.29, 1.82) is 0 Å². The maximum absolute atomic E-state index is 11.4. The van der Waals surface area contributed by atoms with Crippen LogP contribution in [-0.2, 0) is 4.79 Å². The Kier molecular flexibility index (Phi) is 4.35. The van der Waals surface area contributed by atoms with Crippen LogP contribution >= 0.6 is 0 Å². The number of carbonyl (C=O) groups excluding carboxylic acids is 1. The molecule has 14 heavy (non-hydrogen) atoms. The number of carbonyl (C=O) groups is 1. The Morgan fingerprint density at radius 2 is 2.21 bits per heavy atom. The van der Waals surface area contributed by atoms with E-state index in [4.69, 9.17) is 10.8 Å². The Hall–Kier alpha value is -0.610. The van der Waals surface area contributed by atoms with Crippen LogP contribution in [0.4, 0.5) is 0 Å². The standard InChI is InChI=1S/C10H20N2O2/c1-7(11)10(14)12-9-5-3-2-4-8(9)6-13/h7-9,13H,2-6,11H2,1H3,(H,12,14)/t7-,8?,9?/m1/s1. The van der Waals surface area contributed by atoms with Crippen molar-refractivity contribution in [3.8, 4) is 0 Å². The Labute approximate surface area is 84.9 Å². The van der Waals surface area contributed by atoms with Crippen LogP contribution in [0.3, 0.4) is 0 Å². The molecule has 0 heterocycles. The molecule has 0 saturated heterocycles. The van der Waals surface area contributed by atoms with E-state index in [1.165, 1.54) is 0 Å². The van der Waals surface area contributed by atoms with Gasteiger partial charge in [-0.3, -0.25) is 4.79 Å². The number of aliphatic hydroxyl groups excluding tert-OH is 1. The summed E-state index contributed by atoms with van der Waals surface area (Å²) in [4.78, 5) is 11.4. The first-order valence-corrected chi connectivity index (χ1v) is 5.32. The Bertz CT molecular complexity index is 195. The highest BCUT2D eigenvalue weighted by Crippen LogP contribution is 2.23. The van der Waals surface area contributed by atoms with Crippen LogP contribution in [-0.4, -0.2) is 29.7 Å². The van der Waals surface area contributed by atoms with Gasteiger partial charge in [-0.25, -0.2) is 0 Å². The van der Waals surface area contributed by atoms with Gasteiger partial charge in [-0.1, -0.05) is 12.8 Å². The molecule has 1 aliphatic carbocycles. The summed E-state index contributed by atoms with van der Waals surface area (Å²) in [7, 11) is 0. The molecule has 1 rings (SSSR count). The predicted octanol–water partition coefficient (Wildman–Crippen LogP) is 0.000900. The summed E-state index contributed by atoms with van der Waals surface area (Å²) < 4.78 is 0. The minimum Gasteiger partial charge on any atom is -0.396 e. The Morgan fingerprint density at radius 1 is 1.57 bits per heavy atom. The number of amides is 1. The fourth-order valence-corrected chi connectivity index (χ4v) is 1.93. The maximum atomic E-state index is 11.4. The molecule has 0 aliphatic heterocycles. The number of nitrogens with two attached hydrogens (primary N) is 1. The van der Waals surface area contributed by atoms with E-state index < -0.39 is 6.04 Å². The van der Waals surface area contributed by atoms with Crippen LogP contribution in [0.15, 0.2) is 0 Å². The molecule has 4 nitrogen and oxygen atoms in total. The van der Waals surface area contributed by atoms with Gasteiger partial charge in [-0.2, -0.15) is 0 Å². The first kappa shape index (κ1) is 11.5. The van der Waals surface area contributed by atoms with Gasteiger partial charge in [0.2, 0.25) is 5.91 Å². The molecule has 3 atom stereocenters. The number of nitrogens with one attached hydrogen (secondary N) is 1. The lowest BCUT2D eigenvalue weighted by Gasteiger charge is -2.31. The van der Waals surface area contributed by atoms with Gasteiger partial charge in [0.1, 0.15) is 0 Å². The van der Waals surface area contributed by atoms with E-state index in [0.717, 1.165) is 25.7 Å². The normalized spacial score (nSPS) is 29.6. The van der Waals surface area contributed by atoms with E-state index in [-0.39, 0.29) is 24.5 Å². The zero-order chi connectivity index (χ0) is 10.6. The van der Waals surface area contributed by atoms with Crippen molar-refractivity contribution < 1.29 is 9.90 Å². The van der Waals surface area contributed by atoms with E-state index in [9.17, 15) is 4.79 Å². The third-order valence-corrected chi connectivity index (χ3v) is 2.88. The molecule has 0 radical (unpaired) electrons. The molecule has 1 saturated carbocycles. The largest absolute Gasteiger partial charge is 0.396 e. The second-order valence-electron chi connectivity index (χ2n) is 4.13. The molecule has 2 unspecified atom stereocenters. The first-order valence-electron chi connectivity index (χ1n) is 5.32. The van der Waals surface area contributed by atoms with Crippen molar-refractivity contribution in [2.24, 2.45) is 11.7 Å². The lowest BCUT2D eigenvalue weighted by Crippen LogP contribution is -2.48. The number of aliphatic hydroxyl groups is 1. The highest BCUT2D eigenvalue weighted by Gasteiger charge is 2.26. The summed E-state index contributed by atoms with van der Waals surface area (Å²) >= 11 is 0. The van der Waals surface area contributed by atoms with Crippen LogP contribution in [0.25, 0.3) is 0 Å². The highest BCUT2D eigenvalue weighted by atomic mass is 16.3. The molecule has 1 fully saturated rings. The fraction of sp³-hybridized carbons (Fsp3) is 0.900. The van der Waals surface area contributed by atoms with Gasteiger partial charge in [0.15, 0.2) is 0 Å². The molecule has 0 spiro atoms. The molecule has 0 aromatic rings. The molecular formula is C10H20N2O2. The van der Waals surface area contributed by atoms with E-state index in [0.29, 0.717) is 0 Å². The minimum atomic E-state index is -0.462. The third kappa shape index (κ3) is 2.96. The lowest BCUT2D eigenvalue weighted by atomic mass is 9.85. The van der Waals surface area contributed by atoms with Gasteiger partial charge in [-0.05, 0) is 19.8 Å². The Balaban J connectivity index is 2.44. The molecule has 4 heteroatoms. The van der Waals surface area contributed by atoms with Crippen molar-refractivity contribution in [1.82, 2.24) is 5.32 Å². The zero-order valence-corrected chi connectivity index (χ0v) is 8.70. The van der Waals surface area contributed by atoms with Crippen molar-refractivity contribution in [2.75, 3.05) is 6.61 Å². The maximum Gasteiger partial charge on any atom is 0.236 e. The monoisotopic (exact) mass is 200 g/mol. The summed E-state index contributed by atoms with van der Waals surface area (Å²) in [5, 5.41) is 12.0. The first-order chi connectivity index (χ1) is 6.65. The molecule has 82 valence electrons. The van der Waals surface area contributed by atoms with Crippen molar-refractivity contribution in [3.05, 3.63) is 0 Å². The molecule has 0 aromatic heterocycles. The van der Waals surface area contributed by atoms with E-state index in [1.807, 2.05) is 0 Å². The predicted molar refractivity (Wildman–Crippen MR) is 54.6 cm³/mol. The van der Waals surface area contributed by atoms with Crippen LogP contribution in [0.2, 0.25) is 0 Å². The van der Waals surface area contributed by atoms with Crippen LogP contribution in [0.5, 0.6) is 0 Å². The van der Waals surface area contributed by atoms with Crippen LogP contribution in [0, 0.1) is 5.92 Å². The van der Waals surface area contributed by atoms with E-state index in [2.05, 4.69) is 5.32 Å². The second kappa shape index (κ2) is 5.32. The topological polar surface area (TPSA) is 75.4 Å². The highest BCUT2D eigenvalue weighted by molar-refractivity contribution is 5.81. The van der Waals surface area contributed by atoms with Gasteiger partial charge in [0.05, 0.1) is 6.04 Å². The number of hydrogen-bond acceptors (Lipinski definition) is 3. The molecule has 1 aliphatic rings. The fourth-order valence-electron chi connectivity index (χ4n) is 1.93. The SMILES string of the molecule is C[C@@H](N)C(=O)NC1CCCCC1CO. The van der Waals surface area contributed by atoms with Crippen molar-refractivity contribution in [2.45, 2.75) is 44.7 Å². The molecule has 0 bridgehead atoms. The van der Waals surface area contributed by atoms with Gasteiger partial charge >= 0.3 is 0 Å². The average Bonchev–Trinajstić information content (AvgIpc) is 2.18. The Morgan fingerprint density at radius 3 is 2.79 bits per heavy atom. The third-order valence-electron chi connectivity index (χ3n) is 2.88. The summed E-state index contributed by atoms with van der Waals surface area (Å²) in [6, 6.07) is -0.344. The molecule has 1 amide bonds. The van der Waals surface area contributed by atoms with Crippen molar-refractivity contribution in [3.63, 3.8) is 0 Å². The van der Waals surface area contributed by atoms with Crippen LogP contribution in [0.1, 0.15) is 32.6 Å². The van der Waals surface area contributed by atoms with Gasteiger partial charge in [0.25, 0.3) is 0 Å². The van der Waals surface area contributed by atoms with Crippen LogP contribution < -0.4 is 11.1 Å². The van der Waals surface area contributed by atoms with Gasteiger partial charge < -0.3 is 16.2 Å². The summed E-state index contributed by atoms with van der Waals surface area (Å²) in [6.45, 7) is 1.83. The second-order valence-corrected chi connectivity index (χ2v) is 4.13. The average molecular weight is 200 g/mol. The molecular weight excluding hydrogens is 180 g/mol. The van der Waals surface area contributed by atoms with E-state index >= 15 is 0 Å². The van der Waals surface area contributed by atoms with Crippen molar-refractivity contribution >= 4 is 5.91 Å². The lowest BCUT2D eigenvalue weighted by molar-refractivity contribution is -0.123. The van der Waals surface area contributed by atoms with E-state index in [1.54, 1.807) is 6.92 Å². The number of hydrogen-bond donors (Lipinski definition) is 3. The van der Waals surface area contributed by atoms with Gasteiger partial charge in [0, 0.05) is 18.6 Å². The quantitative estimate of drug-likeness (QED) is 0.600.